The molecule has 3 aromatic rings. The Morgan fingerprint density at radius 3 is 2.63 bits per heavy atom. The maximum absolute atomic E-state index is 13.3. The first-order chi connectivity index (χ1) is 18.5. The van der Waals surface area contributed by atoms with Crippen LogP contribution in [0.3, 0.4) is 0 Å². The zero-order chi connectivity index (χ0) is 26.5. The van der Waals surface area contributed by atoms with Gasteiger partial charge in [-0.3, -0.25) is 14.5 Å². The summed E-state index contributed by atoms with van der Waals surface area (Å²) in [7, 11) is 0. The maximum Gasteiger partial charge on any atom is 0.274 e. The Morgan fingerprint density at radius 1 is 1.08 bits per heavy atom. The molecule has 0 unspecified atom stereocenters. The van der Waals surface area contributed by atoms with Crippen molar-refractivity contribution in [3.8, 4) is 0 Å². The summed E-state index contributed by atoms with van der Waals surface area (Å²) in [5.74, 6) is -0.976. The lowest BCUT2D eigenvalue weighted by molar-refractivity contribution is 0.0792. The Labute approximate surface area is 225 Å². The fourth-order valence-corrected chi connectivity index (χ4v) is 6.27. The second kappa shape index (κ2) is 12.0. The van der Waals surface area contributed by atoms with Gasteiger partial charge >= 0.3 is 0 Å². The number of aliphatic hydroxyl groups excluding tert-OH is 1. The molecule has 9 heteroatoms. The van der Waals surface area contributed by atoms with Crippen molar-refractivity contribution in [3.05, 3.63) is 87.0 Å². The van der Waals surface area contributed by atoms with Gasteiger partial charge in [0, 0.05) is 30.1 Å². The van der Waals surface area contributed by atoms with E-state index in [1.807, 2.05) is 18.2 Å². The number of amides is 2. The summed E-state index contributed by atoms with van der Waals surface area (Å²) >= 11 is 1.46. The molecule has 38 heavy (non-hydrogen) atoms. The molecule has 198 valence electrons. The molecule has 1 aromatic heterocycles. The minimum atomic E-state index is -0.376. The smallest absolute Gasteiger partial charge is 0.274 e. The van der Waals surface area contributed by atoms with Crippen LogP contribution in [0.5, 0.6) is 0 Å². The summed E-state index contributed by atoms with van der Waals surface area (Å²) in [5, 5.41) is 17.3. The average molecular weight is 535 g/mol. The number of aryl methyl sites for hydroxylation is 1. The Hall–Kier alpha value is -3.40. The zero-order valence-corrected chi connectivity index (χ0v) is 21.9. The molecule has 3 N–H and O–H groups in total. The number of piperidine rings is 1. The third kappa shape index (κ3) is 6.35. The number of anilines is 1. The lowest BCUT2D eigenvalue weighted by Crippen LogP contribution is -2.35. The molecule has 1 fully saturated rings. The van der Waals surface area contributed by atoms with Crippen LogP contribution >= 0.6 is 11.3 Å². The van der Waals surface area contributed by atoms with Crippen molar-refractivity contribution in [2.24, 2.45) is 5.10 Å². The summed E-state index contributed by atoms with van der Waals surface area (Å²) in [4.78, 5) is 29.9. The zero-order valence-electron chi connectivity index (χ0n) is 21.1. The summed E-state index contributed by atoms with van der Waals surface area (Å²) in [6.45, 7) is 2.39. The topological polar surface area (TPSA) is 94.0 Å². The quantitative estimate of drug-likeness (QED) is 0.302. The Kier molecular flexibility index (Phi) is 8.26. The van der Waals surface area contributed by atoms with E-state index in [2.05, 4.69) is 20.7 Å². The van der Waals surface area contributed by atoms with Gasteiger partial charge < -0.3 is 10.4 Å². The van der Waals surface area contributed by atoms with E-state index < -0.39 is 0 Å². The van der Waals surface area contributed by atoms with E-state index >= 15 is 0 Å². The highest BCUT2D eigenvalue weighted by Gasteiger charge is 2.27. The lowest BCUT2D eigenvalue weighted by atomic mass is 9.95. The monoisotopic (exact) mass is 534 g/mol. The van der Waals surface area contributed by atoms with Crippen molar-refractivity contribution >= 4 is 34.4 Å². The number of hydrogen-bond donors (Lipinski definition) is 3. The van der Waals surface area contributed by atoms with Crippen LogP contribution in [0.2, 0.25) is 0 Å². The minimum absolute atomic E-state index is 0.222. The largest absolute Gasteiger partial charge is 0.393 e. The molecule has 0 radical (unpaired) electrons. The van der Waals surface area contributed by atoms with Gasteiger partial charge in [-0.05, 0) is 79.5 Å². The number of fused-ring (bicyclic) bond motifs is 1. The SMILES string of the molecule is O=C(Nc1sc2c(c1C(=O)NN=Cc1ccc(F)cc1)CCCC2)c1cccc(CN2CCC(O)CC2)c1. The van der Waals surface area contributed by atoms with E-state index in [-0.39, 0.29) is 23.7 Å². The molecule has 0 spiro atoms. The third-order valence-electron chi connectivity index (χ3n) is 7.03. The first-order valence-electron chi connectivity index (χ1n) is 13.0. The molecular weight excluding hydrogens is 503 g/mol. The van der Waals surface area contributed by atoms with Crippen LogP contribution in [0.1, 0.15) is 68.0 Å². The van der Waals surface area contributed by atoms with Crippen LogP contribution < -0.4 is 10.7 Å². The summed E-state index contributed by atoms with van der Waals surface area (Å²) in [6.07, 6.45) is 6.49. The molecule has 2 aliphatic rings. The van der Waals surface area contributed by atoms with Crippen LogP contribution in [-0.2, 0) is 19.4 Å². The molecule has 1 aliphatic carbocycles. The highest BCUT2D eigenvalue weighted by molar-refractivity contribution is 7.17. The standard InChI is InChI=1S/C29H31FN4O3S/c30-22-10-8-19(9-11-22)17-31-33-28(37)26-24-6-1-2-7-25(24)38-29(26)32-27(36)21-5-3-4-20(16-21)18-34-14-12-23(35)13-15-34/h3-5,8-11,16-17,23,35H,1-2,6-7,12-15,18H2,(H,32,36)(H,33,37). The Morgan fingerprint density at radius 2 is 1.84 bits per heavy atom. The van der Waals surface area contributed by atoms with Crippen LogP contribution in [0, 0.1) is 5.82 Å². The number of aliphatic hydroxyl groups is 1. The molecule has 0 bridgehead atoms. The highest BCUT2D eigenvalue weighted by atomic mass is 32.1. The van der Waals surface area contributed by atoms with Crippen molar-refractivity contribution in [1.82, 2.24) is 10.3 Å². The van der Waals surface area contributed by atoms with Gasteiger partial charge in [0.1, 0.15) is 10.8 Å². The van der Waals surface area contributed by atoms with Gasteiger partial charge in [-0.15, -0.1) is 11.3 Å². The summed E-state index contributed by atoms with van der Waals surface area (Å²) in [6, 6.07) is 13.4. The van der Waals surface area contributed by atoms with Gasteiger partial charge in [-0.25, -0.2) is 9.82 Å². The first-order valence-corrected chi connectivity index (χ1v) is 13.8. The molecule has 1 saturated heterocycles. The number of benzene rings is 2. The molecule has 2 aromatic carbocycles. The van der Waals surface area contributed by atoms with E-state index in [1.165, 1.54) is 29.7 Å². The second-order valence-corrected chi connectivity index (χ2v) is 10.9. The van der Waals surface area contributed by atoms with E-state index in [0.717, 1.165) is 74.2 Å². The number of carbonyl (C=O) groups is 2. The van der Waals surface area contributed by atoms with Gasteiger partial charge in [0.05, 0.1) is 17.9 Å². The fraction of sp³-hybridized carbons (Fsp3) is 0.345. The van der Waals surface area contributed by atoms with Crippen molar-refractivity contribution < 1.29 is 19.1 Å². The van der Waals surface area contributed by atoms with Crippen molar-refractivity contribution in [2.45, 2.75) is 51.2 Å². The molecule has 2 amide bonds. The van der Waals surface area contributed by atoms with Crippen molar-refractivity contribution in [3.63, 3.8) is 0 Å². The number of nitrogens with zero attached hydrogens (tertiary/aromatic N) is 2. The number of nitrogens with one attached hydrogen (secondary N) is 2. The number of rotatable bonds is 7. The molecule has 5 rings (SSSR count). The number of likely N-dealkylation sites (tertiary alicyclic amines) is 1. The molecular formula is C29H31FN4O3S. The normalized spacial score (nSPS) is 16.4. The Bertz CT molecular complexity index is 1330. The van der Waals surface area contributed by atoms with Crippen molar-refractivity contribution in [2.75, 3.05) is 18.4 Å². The molecule has 2 heterocycles. The highest BCUT2D eigenvalue weighted by Crippen LogP contribution is 2.38. The summed E-state index contributed by atoms with van der Waals surface area (Å²) < 4.78 is 13.1. The number of thiophene rings is 1. The number of carbonyl (C=O) groups excluding carboxylic acids is 2. The maximum atomic E-state index is 13.3. The first kappa shape index (κ1) is 26.2. The van der Waals surface area contributed by atoms with Crippen LogP contribution in [0.25, 0.3) is 0 Å². The van der Waals surface area contributed by atoms with Gasteiger partial charge in [0.2, 0.25) is 0 Å². The van der Waals surface area contributed by atoms with E-state index in [4.69, 9.17) is 0 Å². The van der Waals surface area contributed by atoms with Crippen molar-refractivity contribution in [1.29, 1.82) is 0 Å². The van der Waals surface area contributed by atoms with Gasteiger partial charge in [-0.1, -0.05) is 24.3 Å². The van der Waals surface area contributed by atoms with E-state index in [1.54, 1.807) is 18.2 Å². The predicted octanol–water partition coefficient (Wildman–Crippen LogP) is 4.74. The van der Waals surface area contributed by atoms with Gasteiger partial charge in [0.25, 0.3) is 11.8 Å². The third-order valence-corrected chi connectivity index (χ3v) is 8.23. The second-order valence-electron chi connectivity index (χ2n) is 9.83. The van der Waals surface area contributed by atoms with Gasteiger partial charge in [-0.2, -0.15) is 5.10 Å². The Balaban J connectivity index is 1.31. The minimum Gasteiger partial charge on any atom is -0.393 e. The molecule has 7 nitrogen and oxygen atoms in total. The van der Waals surface area contributed by atoms with Crippen LogP contribution in [0.15, 0.2) is 53.6 Å². The lowest BCUT2D eigenvalue weighted by Gasteiger charge is -2.29. The molecule has 1 aliphatic heterocycles. The number of hydrogen-bond acceptors (Lipinski definition) is 6. The van der Waals surface area contributed by atoms with Crippen LogP contribution in [-0.4, -0.2) is 47.2 Å². The molecule has 0 saturated carbocycles. The van der Waals surface area contributed by atoms with E-state index in [9.17, 15) is 19.1 Å². The average Bonchev–Trinajstić information content (AvgIpc) is 3.29. The van der Waals surface area contributed by atoms with Crippen LogP contribution in [0.4, 0.5) is 9.39 Å². The predicted molar refractivity (Wildman–Crippen MR) is 147 cm³/mol. The van der Waals surface area contributed by atoms with E-state index in [0.29, 0.717) is 21.7 Å². The number of hydrazone groups is 1. The molecule has 0 atom stereocenters. The number of halogens is 1. The van der Waals surface area contributed by atoms with Gasteiger partial charge in [0.15, 0.2) is 0 Å². The fourth-order valence-electron chi connectivity index (χ4n) is 4.99. The summed E-state index contributed by atoms with van der Waals surface area (Å²) in [5.41, 5.74) is 6.26.